The van der Waals surface area contributed by atoms with Crippen LogP contribution in [0.25, 0.3) is 0 Å². The number of thiazole rings is 1. The molecule has 0 aromatic carbocycles. The number of urea groups is 1. The number of carboxylic acid groups (broad SMARTS) is 1. The Hall–Kier alpha value is -1.63. The summed E-state index contributed by atoms with van der Waals surface area (Å²) in [6.45, 7) is 3.93. The fraction of sp³-hybridized carbons (Fsp3) is 0.500. The lowest BCUT2D eigenvalue weighted by Gasteiger charge is -2.10. The van der Waals surface area contributed by atoms with Crippen LogP contribution in [0, 0.1) is 12.8 Å². The zero-order valence-corrected chi connectivity index (χ0v) is 10.5. The number of aryl methyl sites for hydroxylation is 1. The van der Waals surface area contributed by atoms with Gasteiger partial charge in [0.1, 0.15) is 0 Å². The minimum Gasteiger partial charge on any atom is -0.481 e. The van der Waals surface area contributed by atoms with Crippen LogP contribution in [0.15, 0.2) is 5.38 Å². The summed E-state index contributed by atoms with van der Waals surface area (Å²) >= 11 is 1.35. The zero-order valence-electron chi connectivity index (χ0n) is 9.69. The van der Waals surface area contributed by atoms with Gasteiger partial charge in [0.15, 0.2) is 5.13 Å². The molecular weight excluding hydrogens is 242 g/mol. The van der Waals surface area contributed by atoms with E-state index in [-0.39, 0.29) is 18.4 Å². The number of hydrogen-bond acceptors (Lipinski definition) is 4. The predicted molar refractivity (Wildman–Crippen MR) is 65.3 cm³/mol. The van der Waals surface area contributed by atoms with E-state index in [0.717, 1.165) is 5.69 Å². The number of aromatic nitrogens is 1. The van der Waals surface area contributed by atoms with Gasteiger partial charge in [-0.25, -0.2) is 9.78 Å². The first-order valence-corrected chi connectivity index (χ1v) is 6.04. The number of aliphatic carboxylic acids is 1. The quantitative estimate of drug-likeness (QED) is 0.748. The third-order valence-electron chi connectivity index (χ3n) is 1.97. The standard InChI is InChI=1S/C10H15N3O3S/c1-6(3-8(14)15)4-11-9(16)13-10-12-7(2)5-17-10/h5-6H,3-4H2,1-2H3,(H,14,15)(H2,11,12,13,16). The van der Waals surface area contributed by atoms with Gasteiger partial charge < -0.3 is 10.4 Å². The molecule has 94 valence electrons. The molecule has 1 aromatic rings. The number of rotatable bonds is 5. The molecule has 1 atom stereocenters. The highest BCUT2D eigenvalue weighted by Crippen LogP contribution is 2.13. The lowest BCUT2D eigenvalue weighted by atomic mass is 10.1. The smallest absolute Gasteiger partial charge is 0.321 e. The molecule has 0 aliphatic carbocycles. The maximum atomic E-state index is 11.4. The summed E-state index contributed by atoms with van der Waals surface area (Å²) < 4.78 is 0. The van der Waals surface area contributed by atoms with E-state index < -0.39 is 5.97 Å². The minimum atomic E-state index is -0.866. The topological polar surface area (TPSA) is 91.3 Å². The number of nitrogens with one attached hydrogen (secondary N) is 2. The lowest BCUT2D eigenvalue weighted by Crippen LogP contribution is -2.32. The molecule has 0 saturated carbocycles. The fourth-order valence-corrected chi connectivity index (χ4v) is 1.87. The average molecular weight is 257 g/mol. The van der Waals surface area contributed by atoms with Crippen molar-refractivity contribution in [3.05, 3.63) is 11.1 Å². The lowest BCUT2D eigenvalue weighted by molar-refractivity contribution is -0.137. The Morgan fingerprint density at radius 2 is 2.29 bits per heavy atom. The molecule has 0 spiro atoms. The maximum absolute atomic E-state index is 11.4. The summed E-state index contributed by atoms with van der Waals surface area (Å²) in [4.78, 5) is 25.9. The minimum absolute atomic E-state index is 0.0383. The van der Waals surface area contributed by atoms with Gasteiger partial charge in [0.05, 0.1) is 5.69 Å². The van der Waals surface area contributed by atoms with Gasteiger partial charge in [-0.05, 0) is 12.8 Å². The summed E-state index contributed by atoms with van der Waals surface area (Å²) in [6, 6.07) is -0.364. The SMILES string of the molecule is Cc1csc(NC(=O)NCC(C)CC(=O)O)n1. The van der Waals surface area contributed by atoms with E-state index in [1.54, 1.807) is 6.92 Å². The van der Waals surface area contributed by atoms with E-state index in [1.807, 2.05) is 12.3 Å². The molecule has 1 unspecified atom stereocenters. The van der Waals surface area contributed by atoms with Crippen molar-refractivity contribution in [3.63, 3.8) is 0 Å². The number of nitrogens with zero attached hydrogens (tertiary/aromatic N) is 1. The molecular formula is C10H15N3O3S. The molecule has 7 heteroatoms. The van der Waals surface area contributed by atoms with Crippen molar-refractivity contribution in [2.24, 2.45) is 5.92 Å². The fourth-order valence-electron chi connectivity index (χ4n) is 1.19. The molecule has 0 aliphatic heterocycles. The van der Waals surface area contributed by atoms with Gasteiger partial charge in [-0.15, -0.1) is 11.3 Å². The van der Waals surface area contributed by atoms with Crippen LogP contribution in [0.4, 0.5) is 9.93 Å². The number of carbonyl (C=O) groups is 2. The molecule has 0 fully saturated rings. The van der Waals surface area contributed by atoms with Crippen molar-refractivity contribution in [1.82, 2.24) is 10.3 Å². The number of carboxylic acids is 1. The Morgan fingerprint density at radius 3 is 2.82 bits per heavy atom. The summed E-state index contributed by atoms with van der Waals surface area (Å²) in [7, 11) is 0. The van der Waals surface area contributed by atoms with E-state index >= 15 is 0 Å². The van der Waals surface area contributed by atoms with Gasteiger partial charge in [0.2, 0.25) is 0 Å². The monoisotopic (exact) mass is 257 g/mol. The van der Waals surface area contributed by atoms with E-state index in [1.165, 1.54) is 11.3 Å². The first kappa shape index (κ1) is 13.4. The van der Waals surface area contributed by atoms with E-state index in [0.29, 0.717) is 11.7 Å². The van der Waals surface area contributed by atoms with Crippen LogP contribution in [-0.4, -0.2) is 28.6 Å². The van der Waals surface area contributed by atoms with E-state index in [2.05, 4.69) is 15.6 Å². The highest BCUT2D eigenvalue weighted by atomic mass is 32.1. The van der Waals surface area contributed by atoms with Gasteiger partial charge in [-0.2, -0.15) is 0 Å². The second-order valence-corrected chi connectivity index (χ2v) is 4.69. The predicted octanol–water partition coefficient (Wildman–Crippen LogP) is 1.68. The van der Waals surface area contributed by atoms with Gasteiger partial charge in [0.25, 0.3) is 0 Å². The Labute approximate surface area is 103 Å². The Morgan fingerprint density at radius 1 is 1.59 bits per heavy atom. The molecule has 0 saturated heterocycles. The molecule has 1 heterocycles. The summed E-state index contributed by atoms with van der Waals surface area (Å²) in [5.41, 5.74) is 0.851. The van der Waals surface area contributed by atoms with Crippen molar-refractivity contribution >= 4 is 28.5 Å². The van der Waals surface area contributed by atoms with Crippen molar-refractivity contribution in [1.29, 1.82) is 0 Å². The van der Waals surface area contributed by atoms with Crippen LogP contribution < -0.4 is 10.6 Å². The molecule has 0 bridgehead atoms. The van der Waals surface area contributed by atoms with Crippen LogP contribution >= 0.6 is 11.3 Å². The molecule has 0 aliphatic rings. The molecule has 17 heavy (non-hydrogen) atoms. The Kier molecular flexibility index (Phi) is 4.89. The highest BCUT2D eigenvalue weighted by Gasteiger charge is 2.10. The second kappa shape index (κ2) is 6.19. The summed E-state index contributed by atoms with van der Waals surface area (Å²) in [5.74, 6) is -0.966. The third-order valence-corrected chi connectivity index (χ3v) is 2.85. The van der Waals surface area contributed by atoms with Crippen molar-refractivity contribution in [2.75, 3.05) is 11.9 Å². The van der Waals surface area contributed by atoms with Gasteiger partial charge in [-0.3, -0.25) is 10.1 Å². The normalized spacial score (nSPS) is 11.9. The van der Waals surface area contributed by atoms with E-state index in [4.69, 9.17) is 5.11 Å². The van der Waals surface area contributed by atoms with Gasteiger partial charge >= 0.3 is 12.0 Å². The Balaban J connectivity index is 2.28. The molecule has 0 radical (unpaired) electrons. The van der Waals surface area contributed by atoms with Crippen LogP contribution in [0.3, 0.4) is 0 Å². The first-order valence-electron chi connectivity index (χ1n) is 5.16. The largest absolute Gasteiger partial charge is 0.481 e. The highest BCUT2D eigenvalue weighted by molar-refractivity contribution is 7.13. The van der Waals surface area contributed by atoms with Crippen LogP contribution in [0.1, 0.15) is 19.0 Å². The number of carbonyl (C=O) groups excluding carboxylic acids is 1. The van der Waals surface area contributed by atoms with Crippen molar-refractivity contribution < 1.29 is 14.7 Å². The summed E-state index contributed by atoms with van der Waals surface area (Å²) in [6.07, 6.45) is 0.0383. The van der Waals surface area contributed by atoms with Crippen LogP contribution in [0.5, 0.6) is 0 Å². The molecule has 1 aromatic heterocycles. The van der Waals surface area contributed by atoms with Crippen molar-refractivity contribution in [3.8, 4) is 0 Å². The van der Waals surface area contributed by atoms with Crippen LogP contribution in [0.2, 0.25) is 0 Å². The average Bonchev–Trinajstić information content (AvgIpc) is 2.60. The molecule has 1 rings (SSSR count). The Bertz CT molecular complexity index is 405. The van der Waals surface area contributed by atoms with Crippen LogP contribution in [-0.2, 0) is 4.79 Å². The van der Waals surface area contributed by atoms with Crippen molar-refractivity contribution in [2.45, 2.75) is 20.3 Å². The maximum Gasteiger partial charge on any atom is 0.321 e. The molecule has 6 nitrogen and oxygen atoms in total. The van der Waals surface area contributed by atoms with Gasteiger partial charge in [0, 0.05) is 18.3 Å². The number of hydrogen-bond donors (Lipinski definition) is 3. The number of anilines is 1. The molecule has 2 amide bonds. The summed E-state index contributed by atoms with van der Waals surface area (Å²) in [5, 5.41) is 16.1. The molecule has 3 N–H and O–H groups in total. The third kappa shape index (κ3) is 5.30. The number of amides is 2. The van der Waals surface area contributed by atoms with Gasteiger partial charge in [-0.1, -0.05) is 6.92 Å². The second-order valence-electron chi connectivity index (χ2n) is 3.83. The first-order chi connectivity index (χ1) is 7.97. The van der Waals surface area contributed by atoms with E-state index in [9.17, 15) is 9.59 Å². The zero-order chi connectivity index (χ0) is 12.8.